The van der Waals surface area contributed by atoms with Gasteiger partial charge >= 0.3 is 0 Å². The number of nitrogens with zero attached hydrogens (tertiary/aromatic N) is 4. The predicted molar refractivity (Wildman–Crippen MR) is 74.0 cm³/mol. The molecule has 0 aromatic heterocycles. The third-order valence-electron chi connectivity index (χ3n) is 3.26. The standard InChI is InChI=1S/C13H16N4O3/c1-19-11-4-10(5-12(6-11)20-2)17-8-9(3-13(17)18)7-15-16-14/h4-6,9H,3,7-8H2,1-2H3. The van der Waals surface area contributed by atoms with Gasteiger partial charge in [0.1, 0.15) is 11.5 Å². The van der Waals surface area contributed by atoms with Crippen LogP contribution in [0.15, 0.2) is 23.3 Å². The van der Waals surface area contributed by atoms with Crippen LogP contribution in [-0.2, 0) is 4.79 Å². The zero-order valence-electron chi connectivity index (χ0n) is 11.4. The zero-order valence-corrected chi connectivity index (χ0v) is 11.4. The summed E-state index contributed by atoms with van der Waals surface area (Å²) in [6.45, 7) is 0.869. The number of azide groups is 1. The van der Waals surface area contributed by atoms with Crippen molar-refractivity contribution in [2.45, 2.75) is 6.42 Å². The molecule has 7 nitrogen and oxygen atoms in total. The van der Waals surface area contributed by atoms with Gasteiger partial charge in [0, 0.05) is 42.6 Å². The Kier molecular flexibility index (Phi) is 4.32. The molecule has 0 spiro atoms. The first-order chi connectivity index (χ1) is 9.67. The highest BCUT2D eigenvalue weighted by atomic mass is 16.5. The molecule has 0 aliphatic carbocycles. The van der Waals surface area contributed by atoms with Gasteiger partial charge in [0.05, 0.1) is 19.9 Å². The van der Waals surface area contributed by atoms with Crippen molar-refractivity contribution in [2.75, 3.05) is 32.2 Å². The van der Waals surface area contributed by atoms with Crippen molar-refractivity contribution >= 4 is 11.6 Å². The number of benzene rings is 1. The number of carbonyl (C=O) groups excluding carboxylic acids is 1. The molecular weight excluding hydrogens is 260 g/mol. The molecule has 1 amide bonds. The van der Waals surface area contributed by atoms with Crippen molar-refractivity contribution in [3.63, 3.8) is 0 Å². The van der Waals surface area contributed by atoms with Crippen molar-refractivity contribution in [1.82, 2.24) is 0 Å². The Balaban J connectivity index is 2.22. The first kappa shape index (κ1) is 14.0. The third kappa shape index (κ3) is 2.95. The van der Waals surface area contributed by atoms with Gasteiger partial charge in [-0.05, 0) is 11.4 Å². The summed E-state index contributed by atoms with van der Waals surface area (Å²) >= 11 is 0. The molecule has 1 atom stereocenters. The number of hydrogen-bond acceptors (Lipinski definition) is 4. The Labute approximate surface area is 116 Å². The van der Waals surface area contributed by atoms with Crippen molar-refractivity contribution < 1.29 is 14.3 Å². The minimum Gasteiger partial charge on any atom is -0.497 e. The first-order valence-electron chi connectivity index (χ1n) is 6.22. The van der Waals surface area contributed by atoms with E-state index in [2.05, 4.69) is 10.0 Å². The van der Waals surface area contributed by atoms with Gasteiger partial charge in [-0.3, -0.25) is 4.79 Å². The molecule has 0 N–H and O–H groups in total. The minimum atomic E-state index is 0.0124. The fourth-order valence-electron chi connectivity index (χ4n) is 2.25. The molecule has 106 valence electrons. The molecule has 0 bridgehead atoms. The SMILES string of the molecule is COc1cc(OC)cc(N2CC(CN=[N+]=[N-])CC2=O)c1. The van der Waals surface area contributed by atoms with Crippen LogP contribution in [0.25, 0.3) is 10.4 Å². The lowest BCUT2D eigenvalue weighted by Crippen LogP contribution is -2.24. The number of methoxy groups -OCH3 is 2. The molecule has 0 radical (unpaired) electrons. The molecule has 1 unspecified atom stereocenters. The molecule has 1 aliphatic rings. The van der Waals surface area contributed by atoms with E-state index in [1.165, 1.54) is 0 Å². The molecule has 1 aliphatic heterocycles. The van der Waals surface area contributed by atoms with Crippen LogP contribution in [0.1, 0.15) is 6.42 Å². The topological polar surface area (TPSA) is 87.5 Å². The third-order valence-corrected chi connectivity index (χ3v) is 3.26. The van der Waals surface area contributed by atoms with E-state index in [-0.39, 0.29) is 11.8 Å². The molecular formula is C13H16N4O3. The van der Waals surface area contributed by atoms with Gasteiger partial charge in [0.25, 0.3) is 0 Å². The normalized spacial score (nSPS) is 17.8. The zero-order chi connectivity index (χ0) is 14.5. The van der Waals surface area contributed by atoms with E-state index < -0.39 is 0 Å². The summed E-state index contributed by atoms with van der Waals surface area (Å²) in [5.41, 5.74) is 9.07. The van der Waals surface area contributed by atoms with Gasteiger partial charge < -0.3 is 14.4 Å². The summed E-state index contributed by atoms with van der Waals surface area (Å²) in [5, 5.41) is 3.54. The number of hydrogen-bond donors (Lipinski definition) is 0. The Morgan fingerprint density at radius 1 is 1.35 bits per heavy atom. The van der Waals surface area contributed by atoms with E-state index in [1.54, 1.807) is 37.3 Å². The van der Waals surface area contributed by atoms with Crippen molar-refractivity contribution in [2.24, 2.45) is 11.0 Å². The second kappa shape index (κ2) is 6.16. The van der Waals surface area contributed by atoms with Gasteiger partial charge in [-0.25, -0.2) is 0 Å². The number of rotatable bonds is 5. The highest BCUT2D eigenvalue weighted by Crippen LogP contribution is 2.32. The summed E-state index contributed by atoms with van der Waals surface area (Å²) in [7, 11) is 3.13. The second-order valence-electron chi connectivity index (χ2n) is 4.56. The van der Waals surface area contributed by atoms with E-state index in [4.69, 9.17) is 15.0 Å². The van der Waals surface area contributed by atoms with Crippen LogP contribution < -0.4 is 14.4 Å². The van der Waals surface area contributed by atoms with Crippen LogP contribution in [0.5, 0.6) is 11.5 Å². The Morgan fingerprint density at radius 3 is 2.55 bits per heavy atom. The molecule has 1 saturated heterocycles. The summed E-state index contributed by atoms with van der Waals surface area (Å²) in [6.07, 6.45) is 0.387. The van der Waals surface area contributed by atoms with Gasteiger partial charge in [0.15, 0.2) is 0 Å². The molecule has 7 heteroatoms. The lowest BCUT2D eigenvalue weighted by molar-refractivity contribution is -0.117. The van der Waals surface area contributed by atoms with Crippen molar-refractivity contribution in [3.05, 3.63) is 28.6 Å². The van der Waals surface area contributed by atoms with Crippen molar-refractivity contribution in [3.8, 4) is 11.5 Å². The summed E-state index contributed by atoms with van der Waals surface area (Å²) in [5.74, 6) is 1.32. The molecule has 20 heavy (non-hydrogen) atoms. The lowest BCUT2D eigenvalue weighted by atomic mass is 10.1. The summed E-state index contributed by atoms with van der Waals surface area (Å²) < 4.78 is 10.4. The molecule has 2 rings (SSSR count). The Morgan fingerprint density at radius 2 is 2.00 bits per heavy atom. The maximum Gasteiger partial charge on any atom is 0.227 e. The summed E-state index contributed by atoms with van der Waals surface area (Å²) in [6, 6.07) is 5.33. The number of anilines is 1. The fraction of sp³-hybridized carbons (Fsp3) is 0.462. The quantitative estimate of drug-likeness (QED) is 0.470. The van der Waals surface area contributed by atoms with Crippen molar-refractivity contribution in [1.29, 1.82) is 0 Å². The van der Waals surface area contributed by atoms with E-state index in [9.17, 15) is 4.79 Å². The van der Waals surface area contributed by atoms with Gasteiger partial charge in [0.2, 0.25) is 5.91 Å². The van der Waals surface area contributed by atoms with E-state index in [1.807, 2.05) is 0 Å². The van der Waals surface area contributed by atoms with E-state index >= 15 is 0 Å². The van der Waals surface area contributed by atoms with Crippen LogP contribution in [0.3, 0.4) is 0 Å². The molecule has 0 saturated carbocycles. The average Bonchev–Trinajstić information content (AvgIpc) is 2.85. The second-order valence-corrected chi connectivity index (χ2v) is 4.56. The smallest absolute Gasteiger partial charge is 0.227 e. The minimum absolute atomic E-state index is 0.0124. The molecule has 1 aromatic rings. The largest absolute Gasteiger partial charge is 0.497 e. The molecule has 1 heterocycles. The average molecular weight is 276 g/mol. The number of ether oxygens (including phenoxy) is 2. The fourth-order valence-corrected chi connectivity index (χ4v) is 2.25. The predicted octanol–water partition coefficient (Wildman–Crippen LogP) is 2.37. The first-order valence-corrected chi connectivity index (χ1v) is 6.22. The maximum atomic E-state index is 12.1. The maximum absolute atomic E-state index is 12.1. The van der Waals surface area contributed by atoms with E-state index in [0.29, 0.717) is 31.0 Å². The molecule has 1 aromatic carbocycles. The molecule has 1 fully saturated rings. The van der Waals surface area contributed by atoms with Gasteiger partial charge in [-0.2, -0.15) is 0 Å². The lowest BCUT2D eigenvalue weighted by Gasteiger charge is -2.18. The Bertz CT molecular complexity index is 532. The monoisotopic (exact) mass is 276 g/mol. The van der Waals surface area contributed by atoms with Crippen LogP contribution in [0.2, 0.25) is 0 Å². The number of carbonyl (C=O) groups is 1. The van der Waals surface area contributed by atoms with Gasteiger partial charge in [-0.15, -0.1) is 0 Å². The van der Waals surface area contributed by atoms with Gasteiger partial charge in [-0.1, -0.05) is 5.11 Å². The van der Waals surface area contributed by atoms with Crippen LogP contribution in [-0.4, -0.2) is 33.2 Å². The van der Waals surface area contributed by atoms with Crippen LogP contribution in [0, 0.1) is 5.92 Å². The van der Waals surface area contributed by atoms with Crippen LogP contribution in [0.4, 0.5) is 5.69 Å². The highest BCUT2D eigenvalue weighted by molar-refractivity contribution is 5.96. The summed E-state index contributed by atoms with van der Waals surface area (Å²) in [4.78, 5) is 16.5. The van der Waals surface area contributed by atoms with Crippen LogP contribution >= 0.6 is 0 Å². The number of amides is 1. The highest BCUT2D eigenvalue weighted by Gasteiger charge is 2.30. The Hall–Kier alpha value is -2.40. The van der Waals surface area contributed by atoms with E-state index in [0.717, 1.165) is 5.69 Å².